The predicted octanol–water partition coefficient (Wildman–Crippen LogP) is 4.19. The molecule has 0 radical (unpaired) electrons. The van der Waals surface area contributed by atoms with Gasteiger partial charge in [-0.1, -0.05) is 6.07 Å². The van der Waals surface area contributed by atoms with Crippen molar-refractivity contribution in [2.45, 2.75) is 38.3 Å². The number of nitrogens with one attached hydrogen (secondary N) is 1. The summed E-state index contributed by atoms with van der Waals surface area (Å²) in [5.74, 6) is -0.216. The van der Waals surface area contributed by atoms with Crippen molar-refractivity contribution in [3.05, 3.63) is 64.6 Å². The van der Waals surface area contributed by atoms with Crippen LogP contribution in [0.25, 0.3) is 33.5 Å². The Labute approximate surface area is 185 Å². The van der Waals surface area contributed by atoms with E-state index in [1.54, 1.807) is 17.6 Å². The molecule has 0 unspecified atom stereocenters. The summed E-state index contributed by atoms with van der Waals surface area (Å²) >= 11 is 0. The Morgan fingerprint density at radius 1 is 1.03 bits per heavy atom. The zero-order valence-electron chi connectivity index (χ0n) is 18.3. The SMILES string of the molecule is Cc1cc(-c2ncn(C3CNC3)c2-c2ccc3c(c2)n(C)c(=O)n3C2CCC2)ccc1F. The molecule has 6 nitrogen and oxygen atoms in total. The summed E-state index contributed by atoms with van der Waals surface area (Å²) in [6.45, 7) is 3.56. The van der Waals surface area contributed by atoms with Crippen molar-refractivity contribution in [3.63, 3.8) is 0 Å². The second kappa shape index (κ2) is 7.17. The molecule has 1 aliphatic heterocycles. The number of aryl methyl sites for hydroxylation is 2. The number of aromatic nitrogens is 4. The van der Waals surface area contributed by atoms with Crippen LogP contribution >= 0.6 is 0 Å². The molecule has 2 fully saturated rings. The van der Waals surface area contributed by atoms with Crippen LogP contribution in [-0.4, -0.2) is 31.8 Å². The van der Waals surface area contributed by atoms with Crippen LogP contribution in [0.2, 0.25) is 0 Å². The molecule has 2 aromatic heterocycles. The number of rotatable bonds is 4. The minimum atomic E-state index is -0.216. The van der Waals surface area contributed by atoms with Gasteiger partial charge < -0.3 is 9.88 Å². The van der Waals surface area contributed by atoms with E-state index in [2.05, 4.69) is 28.1 Å². The van der Waals surface area contributed by atoms with Gasteiger partial charge in [0.2, 0.25) is 0 Å². The molecule has 2 aromatic carbocycles. The molecule has 1 saturated carbocycles. The molecule has 2 aliphatic rings. The van der Waals surface area contributed by atoms with Crippen molar-refractivity contribution in [2.75, 3.05) is 13.1 Å². The van der Waals surface area contributed by atoms with Gasteiger partial charge in [-0.05, 0) is 62.1 Å². The van der Waals surface area contributed by atoms with E-state index in [1.165, 1.54) is 12.5 Å². The number of nitrogens with zero attached hydrogens (tertiary/aromatic N) is 4. The van der Waals surface area contributed by atoms with E-state index in [9.17, 15) is 9.18 Å². The quantitative estimate of drug-likeness (QED) is 0.527. The van der Waals surface area contributed by atoms with E-state index >= 15 is 0 Å². The second-order valence-electron chi connectivity index (χ2n) is 9.12. The summed E-state index contributed by atoms with van der Waals surface area (Å²) in [6.07, 6.45) is 5.20. The number of fused-ring (bicyclic) bond motifs is 1. The molecule has 1 saturated heterocycles. The second-order valence-corrected chi connectivity index (χ2v) is 9.12. The van der Waals surface area contributed by atoms with Crippen LogP contribution in [0.1, 0.15) is 36.9 Å². The standard InChI is InChI=1S/C25H26FN5O/c1-15-10-16(6-8-20(15)26)23-24(30(14-28-23)19-12-27-13-19)17-7-9-21-22(11-17)29(2)25(32)31(21)18-4-3-5-18/h6-11,14,18-19,27H,3-5,12-13H2,1-2H3. The Kier molecular flexibility index (Phi) is 4.37. The van der Waals surface area contributed by atoms with E-state index in [4.69, 9.17) is 4.98 Å². The van der Waals surface area contributed by atoms with Crippen molar-refractivity contribution in [3.8, 4) is 22.5 Å². The predicted molar refractivity (Wildman–Crippen MR) is 123 cm³/mol. The van der Waals surface area contributed by atoms with Crippen molar-refractivity contribution < 1.29 is 4.39 Å². The molecule has 1 N–H and O–H groups in total. The molecule has 164 valence electrons. The van der Waals surface area contributed by atoms with Gasteiger partial charge in [0.1, 0.15) is 5.82 Å². The Hall–Kier alpha value is -3.19. The maximum absolute atomic E-state index is 13.9. The molecular formula is C25H26FN5O. The Morgan fingerprint density at radius 3 is 2.47 bits per heavy atom. The minimum absolute atomic E-state index is 0.0490. The van der Waals surface area contributed by atoms with E-state index in [-0.39, 0.29) is 11.5 Å². The largest absolute Gasteiger partial charge is 0.329 e. The summed E-state index contributed by atoms with van der Waals surface area (Å²) in [5, 5.41) is 3.33. The first-order valence-electron chi connectivity index (χ1n) is 11.3. The third-order valence-electron chi connectivity index (χ3n) is 7.18. The van der Waals surface area contributed by atoms with Crippen molar-refractivity contribution in [1.82, 2.24) is 24.0 Å². The smallest absolute Gasteiger partial charge is 0.324 e. The van der Waals surface area contributed by atoms with E-state index in [0.717, 1.165) is 59.5 Å². The highest BCUT2D eigenvalue weighted by Gasteiger charge is 2.27. The highest BCUT2D eigenvalue weighted by atomic mass is 19.1. The lowest BCUT2D eigenvalue weighted by Gasteiger charge is -2.30. The van der Waals surface area contributed by atoms with Gasteiger partial charge in [-0.15, -0.1) is 0 Å². The lowest BCUT2D eigenvalue weighted by atomic mass is 9.93. The van der Waals surface area contributed by atoms with Crippen molar-refractivity contribution >= 4 is 11.0 Å². The van der Waals surface area contributed by atoms with Gasteiger partial charge >= 0.3 is 5.69 Å². The first-order chi connectivity index (χ1) is 15.5. The van der Waals surface area contributed by atoms with Crippen molar-refractivity contribution in [1.29, 1.82) is 0 Å². The van der Waals surface area contributed by atoms with Crippen LogP contribution in [0, 0.1) is 12.7 Å². The summed E-state index contributed by atoms with van der Waals surface area (Å²) in [4.78, 5) is 17.7. The zero-order chi connectivity index (χ0) is 22.0. The molecule has 32 heavy (non-hydrogen) atoms. The first-order valence-corrected chi connectivity index (χ1v) is 11.3. The van der Waals surface area contributed by atoms with Gasteiger partial charge in [0.05, 0.1) is 34.8 Å². The van der Waals surface area contributed by atoms with Crippen LogP contribution < -0.4 is 11.0 Å². The van der Waals surface area contributed by atoms with Gasteiger partial charge in [0.25, 0.3) is 0 Å². The lowest BCUT2D eigenvalue weighted by Crippen LogP contribution is -2.43. The Morgan fingerprint density at radius 2 is 1.81 bits per heavy atom. The normalized spacial score (nSPS) is 17.0. The van der Waals surface area contributed by atoms with Crippen LogP contribution in [-0.2, 0) is 7.05 Å². The molecular weight excluding hydrogens is 405 g/mol. The van der Waals surface area contributed by atoms with E-state index < -0.39 is 0 Å². The topological polar surface area (TPSA) is 56.8 Å². The summed E-state index contributed by atoms with van der Waals surface area (Å²) in [5.41, 5.74) is 6.32. The summed E-state index contributed by atoms with van der Waals surface area (Å²) in [7, 11) is 1.85. The molecule has 3 heterocycles. The fourth-order valence-electron chi connectivity index (χ4n) is 4.91. The molecule has 7 heteroatoms. The van der Waals surface area contributed by atoms with Gasteiger partial charge in [-0.3, -0.25) is 9.13 Å². The maximum atomic E-state index is 13.9. The molecule has 6 rings (SSSR count). The van der Waals surface area contributed by atoms with Gasteiger partial charge in [-0.2, -0.15) is 0 Å². The third kappa shape index (κ3) is 2.80. The Balaban J connectivity index is 1.55. The van der Waals surface area contributed by atoms with E-state index in [1.807, 2.05) is 24.0 Å². The monoisotopic (exact) mass is 431 g/mol. The number of halogens is 1. The number of benzene rings is 2. The van der Waals surface area contributed by atoms with Crippen LogP contribution in [0.3, 0.4) is 0 Å². The first kappa shape index (κ1) is 19.5. The van der Waals surface area contributed by atoms with E-state index in [0.29, 0.717) is 17.6 Å². The molecule has 0 spiro atoms. The molecule has 1 aliphatic carbocycles. The van der Waals surface area contributed by atoms with Crippen LogP contribution in [0.5, 0.6) is 0 Å². The average molecular weight is 432 g/mol. The number of hydrogen-bond donors (Lipinski definition) is 1. The van der Waals surface area contributed by atoms with Crippen molar-refractivity contribution in [2.24, 2.45) is 7.05 Å². The third-order valence-corrected chi connectivity index (χ3v) is 7.18. The van der Waals surface area contributed by atoms with Crippen LogP contribution in [0.15, 0.2) is 47.5 Å². The number of hydrogen-bond acceptors (Lipinski definition) is 3. The highest BCUT2D eigenvalue weighted by Crippen LogP contribution is 2.37. The molecule has 0 atom stereocenters. The van der Waals surface area contributed by atoms with Gasteiger partial charge in [-0.25, -0.2) is 14.2 Å². The Bertz CT molecular complexity index is 1400. The molecule has 4 aromatic rings. The fourth-order valence-corrected chi connectivity index (χ4v) is 4.91. The van der Waals surface area contributed by atoms with Gasteiger partial charge in [0.15, 0.2) is 0 Å². The lowest BCUT2D eigenvalue weighted by molar-refractivity contribution is 0.312. The maximum Gasteiger partial charge on any atom is 0.329 e. The fraction of sp³-hybridized carbons (Fsp3) is 0.360. The number of imidazole rings is 2. The molecule has 0 bridgehead atoms. The summed E-state index contributed by atoms with van der Waals surface area (Å²) < 4.78 is 19.9. The molecule has 0 amide bonds. The average Bonchev–Trinajstić information content (AvgIpc) is 3.23. The highest BCUT2D eigenvalue weighted by molar-refractivity contribution is 5.86. The summed E-state index contributed by atoms with van der Waals surface area (Å²) in [6, 6.07) is 12.0. The zero-order valence-corrected chi connectivity index (χ0v) is 18.3. The minimum Gasteiger partial charge on any atom is -0.324 e. The van der Waals surface area contributed by atoms with Crippen LogP contribution in [0.4, 0.5) is 4.39 Å². The van der Waals surface area contributed by atoms with Gasteiger partial charge in [0, 0.05) is 37.3 Å².